The molecule has 0 heterocycles. The number of nitrogens with one attached hydrogen (secondary N) is 1. The first-order valence-corrected chi connectivity index (χ1v) is 5.79. The van der Waals surface area contributed by atoms with E-state index >= 15 is 0 Å². The second kappa shape index (κ2) is 8.17. The van der Waals surface area contributed by atoms with E-state index in [-0.39, 0.29) is 11.9 Å². The van der Waals surface area contributed by atoms with Gasteiger partial charge in [0, 0.05) is 19.7 Å². The molecule has 0 aliphatic rings. The van der Waals surface area contributed by atoms with Gasteiger partial charge < -0.3 is 14.8 Å². The van der Waals surface area contributed by atoms with Crippen LogP contribution in [0.15, 0.2) is 24.3 Å². The van der Waals surface area contributed by atoms with E-state index in [2.05, 4.69) is 5.32 Å². The van der Waals surface area contributed by atoms with Crippen molar-refractivity contribution in [2.24, 2.45) is 0 Å². The summed E-state index contributed by atoms with van der Waals surface area (Å²) in [6, 6.07) is 6.74. The molecule has 0 amide bonds. The van der Waals surface area contributed by atoms with Gasteiger partial charge in [0.15, 0.2) is 0 Å². The van der Waals surface area contributed by atoms with Gasteiger partial charge in [0.25, 0.3) is 0 Å². The van der Waals surface area contributed by atoms with Crippen molar-refractivity contribution in [2.45, 2.75) is 13.0 Å². The highest BCUT2D eigenvalue weighted by Gasteiger charge is 2.04. The molecule has 0 unspecified atom stereocenters. The quantitative estimate of drug-likeness (QED) is 0.707. The number of methoxy groups -OCH3 is 1. The summed E-state index contributed by atoms with van der Waals surface area (Å²) >= 11 is 0. The van der Waals surface area contributed by atoms with Gasteiger partial charge in [-0.1, -0.05) is 12.1 Å². The highest BCUT2D eigenvalue weighted by molar-refractivity contribution is 5.19. The Hall–Kier alpha value is -0.970. The summed E-state index contributed by atoms with van der Waals surface area (Å²) in [5.74, 6) is -0.201. The van der Waals surface area contributed by atoms with Crippen LogP contribution in [0.3, 0.4) is 0 Å². The summed E-state index contributed by atoms with van der Waals surface area (Å²) in [4.78, 5) is 0. The van der Waals surface area contributed by atoms with Crippen molar-refractivity contribution in [2.75, 3.05) is 33.5 Å². The summed E-state index contributed by atoms with van der Waals surface area (Å²) in [6.45, 7) is 4.58. The molecule has 1 rings (SSSR count). The standard InChI is InChI=1S/C13H20FNO2/c1-11(12-4-3-5-13(14)10-12)15-6-7-17-9-8-16-2/h3-5,10-11,15H,6-9H2,1-2H3/t11-/m1/s1. The lowest BCUT2D eigenvalue weighted by molar-refractivity contribution is 0.0712. The second-order valence-corrected chi connectivity index (χ2v) is 3.84. The third kappa shape index (κ3) is 5.77. The smallest absolute Gasteiger partial charge is 0.123 e. The Bertz CT molecular complexity index is 320. The van der Waals surface area contributed by atoms with E-state index in [1.54, 1.807) is 19.2 Å². The fourth-order valence-corrected chi connectivity index (χ4v) is 1.49. The minimum absolute atomic E-state index is 0.122. The summed E-state index contributed by atoms with van der Waals surface area (Å²) in [6.07, 6.45) is 0. The Balaban J connectivity index is 2.19. The predicted molar refractivity (Wildman–Crippen MR) is 65.5 cm³/mol. The van der Waals surface area contributed by atoms with Crippen LogP contribution in [0, 0.1) is 5.82 Å². The number of hydrogen-bond donors (Lipinski definition) is 1. The van der Waals surface area contributed by atoms with Crippen LogP contribution in [0.4, 0.5) is 4.39 Å². The summed E-state index contributed by atoms with van der Waals surface area (Å²) in [5.41, 5.74) is 0.946. The van der Waals surface area contributed by atoms with Gasteiger partial charge in [-0.15, -0.1) is 0 Å². The zero-order valence-electron chi connectivity index (χ0n) is 10.4. The van der Waals surface area contributed by atoms with Gasteiger partial charge in [0.05, 0.1) is 19.8 Å². The van der Waals surface area contributed by atoms with Gasteiger partial charge in [0.1, 0.15) is 5.82 Å². The molecular formula is C13H20FNO2. The van der Waals surface area contributed by atoms with Crippen molar-refractivity contribution >= 4 is 0 Å². The van der Waals surface area contributed by atoms with Crippen molar-refractivity contribution in [3.63, 3.8) is 0 Å². The molecule has 0 spiro atoms. The van der Waals surface area contributed by atoms with Crippen LogP contribution >= 0.6 is 0 Å². The van der Waals surface area contributed by atoms with E-state index < -0.39 is 0 Å². The molecule has 96 valence electrons. The van der Waals surface area contributed by atoms with Crippen LogP contribution in [0.5, 0.6) is 0 Å². The van der Waals surface area contributed by atoms with Gasteiger partial charge >= 0.3 is 0 Å². The van der Waals surface area contributed by atoms with E-state index in [4.69, 9.17) is 9.47 Å². The van der Waals surface area contributed by atoms with E-state index in [0.29, 0.717) is 19.8 Å². The maximum absolute atomic E-state index is 13.0. The molecule has 17 heavy (non-hydrogen) atoms. The van der Waals surface area contributed by atoms with Crippen LogP contribution in [0.1, 0.15) is 18.5 Å². The lowest BCUT2D eigenvalue weighted by Gasteiger charge is -2.14. The van der Waals surface area contributed by atoms with Gasteiger partial charge in [0.2, 0.25) is 0 Å². The van der Waals surface area contributed by atoms with Crippen molar-refractivity contribution in [3.05, 3.63) is 35.6 Å². The Morgan fingerprint density at radius 1 is 1.29 bits per heavy atom. The molecule has 0 saturated heterocycles. The number of ether oxygens (including phenoxy) is 2. The zero-order valence-corrected chi connectivity index (χ0v) is 10.4. The fourth-order valence-electron chi connectivity index (χ4n) is 1.49. The monoisotopic (exact) mass is 241 g/mol. The molecule has 0 fully saturated rings. The van der Waals surface area contributed by atoms with Crippen molar-refractivity contribution in [1.82, 2.24) is 5.32 Å². The van der Waals surface area contributed by atoms with E-state index in [0.717, 1.165) is 12.1 Å². The lowest BCUT2D eigenvalue weighted by Crippen LogP contribution is -2.23. The van der Waals surface area contributed by atoms with E-state index in [1.165, 1.54) is 6.07 Å². The molecule has 1 aromatic carbocycles. The number of rotatable bonds is 8. The maximum Gasteiger partial charge on any atom is 0.123 e. The molecular weight excluding hydrogens is 221 g/mol. The van der Waals surface area contributed by atoms with Gasteiger partial charge in [-0.05, 0) is 24.6 Å². The third-order valence-corrected chi connectivity index (χ3v) is 2.48. The normalized spacial score (nSPS) is 12.6. The van der Waals surface area contributed by atoms with Crippen LogP contribution in [-0.2, 0) is 9.47 Å². The van der Waals surface area contributed by atoms with Crippen LogP contribution in [0.2, 0.25) is 0 Å². The Kier molecular flexibility index (Phi) is 6.77. The van der Waals surface area contributed by atoms with E-state index in [9.17, 15) is 4.39 Å². The number of hydrogen-bond acceptors (Lipinski definition) is 3. The molecule has 3 nitrogen and oxygen atoms in total. The molecule has 0 aliphatic carbocycles. The van der Waals surface area contributed by atoms with Crippen LogP contribution in [-0.4, -0.2) is 33.5 Å². The highest BCUT2D eigenvalue weighted by atomic mass is 19.1. The summed E-state index contributed by atoms with van der Waals surface area (Å²) < 4.78 is 23.2. The Labute approximate surface area is 102 Å². The minimum atomic E-state index is -0.201. The molecule has 1 N–H and O–H groups in total. The lowest BCUT2D eigenvalue weighted by atomic mass is 10.1. The fraction of sp³-hybridized carbons (Fsp3) is 0.538. The average Bonchev–Trinajstić information content (AvgIpc) is 2.33. The Morgan fingerprint density at radius 2 is 2.12 bits per heavy atom. The van der Waals surface area contributed by atoms with E-state index in [1.807, 2.05) is 13.0 Å². The largest absolute Gasteiger partial charge is 0.382 e. The first-order chi connectivity index (χ1) is 8.24. The average molecular weight is 241 g/mol. The molecule has 1 aromatic rings. The van der Waals surface area contributed by atoms with Crippen LogP contribution in [0.25, 0.3) is 0 Å². The van der Waals surface area contributed by atoms with Gasteiger partial charge in [-0.25, -0.2) is 4.39 Å². The third-order valence-electron chi connectivity index (χ3n) is 2.48. The molecule has 1 atom stereocenters. The number of benzene rings is 1. The molecule has 0 bridgehead atoms. The first kappa shape index (κ1) is 14.1. The Morgan fingerprint density at radius 3 is 2.82 bits per heavy atom. The predicted octanol–water partition coefficient (Wildman–Crippen LogP) is 2.14. The molecule has 0 aliphatic heterocycles. The maximum atomic E-state index is 13.0. The summed E-state index contributed by atoms with van der Waals surface area (Å²) in [5, 5.41) is 3.27. The summed E-state index contributed by atoms with van der Waals surface area (Å²) in [7, 11) is 1.65. The zero-order chi connectivity index (χ0) is 12.5. The molecule has 0 saturated carbocycles. The minimum Gasteiger partial charge on any atom is -0.382 e. The van der Waals surface area contributed by atoms with Gasteiger partial charge in [-0.2, -0.15) is 0 Å². The van der Waals surface area contributed by atoms with Crippen molar-refractivity contribution in [1.29, 1.82) is 0 Å². The van der Waals surface area contributed by atoms with Crippen molar-refractivity contribution in [3.8, 4) is 0 Å². The van der Waals surface area contributed by atoms with Crippen molar-refractivity contribution < 1.29 is 13.9 Å². The first-order valence-electron chi connectivity index (χ1n) is 5.79. The van der Waals surface area contributed by atoms with Gasteiger partial charge in [-0.3, -0.25) is 0 Å². The highest BCUT2D eigenvalue weighted by Crippen LogP contribution is 2.12. The SMILES string of the molecule is COCCOCCN[C@H](C)c1cccc(F)c1. The second-order valence-electron chi connectivity index (χ2n) is 3.84. The molecule has 0 aromatic heterocycles. The topological polar surface area (TPSA) is 30.5 Å². The molecule has 0 radical (unpaired) electrons. The molecule has 4 heteroatoms. The van der Waals surface area contributed by atoms with Crippen LogP contribution < -0.4 is 5.32 Å². The number of halogens is 1.